The minimum Gasteiger partial charge on any atom is -0.497 e. The SMILES string of the molecule is COc1ccc(-c2sc3cc(OC)ccc3c2C(=O)c2c(OC)cccc2OC)cc1. The molecule has 0 fully saturated rings. The number of ketones is 1. The van der Waals surface area contributed by atoms with Crippen molar-refractivity contribution >= 4 is 27.2 Å². The Hall–Kier alpha value is -3.51. The number of carbonyl (C=O) groups excluding carboxylic acids is 1. The van der Waals surface area contributed by atoms with Crippen molar-refractivity contribution in [1.82, 2.24) is 0 Å². The van der Waals surface area contributed by atoms with Crippen LogP contribution in [0.5, 0.6) is 23.0 Å². The lowest BCUT2D eigenvalue weighted by Gasteiger charge is -2.13. The molecule has 158 valence electrons. The smallest absolute Gasteiger partial charge is 0.202 e. The predicted octanol–water partition coefficient (Wildman–Crippen LogP) is 5.83. The molecule has 6 heteroatoms. The van der Waals surface area contributed by atoms with Crippen molar-refractivity contribution in [3.8, 4) is 33.4 Å². The van der Waals surface area contributed by atoms with Gasteiger partial charge in [0.15, 0.2) is 0 Å². The number of hydrogen-bond donors (Lipinski definition) is 0. The molecule has 0 saturated carbocycles. The predicted molar refractivity (Wildman–Crippen MR) is 123 cm³/mol. The van der Waals surface area contributed by atoms with Gasteiger partial charge in [0, 0.05) is 20.5 Å². The standard InChI is InChI=1S/C25H22O5S/c1-27-16-10-8-15(9-11-16)25-22(18-13-12-17(28-2)14-21(18)31-25)24(26)23-19(29-3)6-5-7-20(23)30-4/h5-14H,1-4H3. The van der Waals surface area contributed by atoms with Crippen LogP contribution in [0.15, 0.2) is 60.7 Å². The summed E-state index contributed by atoms with van der Waals surface area (Å²) in [6.07, 6.45) is 0. The van der Waals surface area contributed by atoms with Gasteiger partial charge in [-0.3, -0.25) is 4.79 Å². The van der Waals surface area contributed by atoms with E-state index in [9.17, 15) is 4.79 Å². The van der Waals surface area contributed by atoms with Crippen LogP contribution in [0.2, 0.25) is 0 Å². The number of hydrogen-bond acceptors (Lipinski definition) is 6. The lowest BCUT2D eigenvalue weighted by molar-refractivity contribution is 0.103. The second kappa shape index (κ2) is 8.70. The van der Waals surface area contributed by atoms with E-state index in [1.54, 1.807) is 58.0 Å². The molecule has 0 atom stereocenters. The average molecular weight is 435 g/mol. The van der Waals surface area contributed by atoms with Crippen molar-refractivity contribution in [2.45, 2.75) is 0 Å². The zero-order valence-electron chi connectivity index (χ0n) is 17.7. The van der Waals surface area contributed by atoms with Gasteiger partial charge in [-0.2, -0.15) is 0 Å². The van der Waals surface area contributed by atoms with Gasteiger partial charge in [-0.15, -0.1) is 11.3 Å². The van der Waals surface area contributed by atoms with Crippen molar-refractivity contribution in [2.24, 2.45) is 0 Å². The Kier molecular flexibility index (Phi) is 5.82. The Balaban J connectivity index is 1.99. The molecule has 0 unspecified atom stereocenters. The largest absolute Gasteiger partial charge is 0.497 e. The van der Waals surface area contributed by atoms with Gasteiger partial charge in [0.2, 0.25) is 5.78 Å². The summed E-state index contributed by atoms with van der Waals surface area (Å²) in [6.45, 7) is 0. The van der Waals surface area contributed by atoms with E-state index in [0.717, 1.165) is 32.0 Å². The fourth-order valence-corrected chi connectivity index (χ4v) is 4.81. The molecule has 4 rings (SSSR count). The number of fused-ring (bicyclic) bond motifs is 1. The maximum absolute atomic E-state index is 13.9. The van der Waals surface area contributed by atoms with Gasteiger partial charge < -0.3 is 18.9 Å². The van der Waals surface area contributed by atoms with Crippen LogP contribution in [0.25, 0.3) is 20.5 Å². The highest BCUT2D eigenvalue weighted by molar-refractivity contribution is 7.22. The summed E-state index contributed by atoms with van der Waals surface area (Å²) in [4.78, 5) is 14.8. The van der Waals surface area contributed by atoms with E-state index in [1.165, 1.54) is 0 Å². The van der Waals surface area contributed by atoms with Crippen molar-refractivity contribution in [1.29, 1.82) is 0 Å². The highest BCUT2D eigenvalue weighted by atomic mass is 32.1. The van der Waals surface area contributed by atoms with Gasteiger partial charge in [0.05, 0.1) is 28.4 Å². The molecule has 3 aromatic carbocycles. The van der Waals surface area contributed by atoms with Crippen molar-refractivity contribution in [3.05, 3.63) is 71.8 Å². The Morgan fingerprint density at radius 2 is 1.32 bits per heavy atom. The Bertz CT molecular complexity index is 1220. The molecule has 0 spiro atoms. The summed E-state index contributed by atoms with van der Waals surface area (Å²) in [7, 11) is 6.35. The van der Waals surface area contributed by atoms with Gasteiger partial charge >= 0.3 is 0 Å². The Morgan fingerprint density at radius 1 is 0.710 bits per heavy atom. The zero-order chi connectivity index (χ0) is 22.0. The molecule has 0 aliphatic rings. The number of carbonyl (C=O) groups is 1. The normalized spacial score (nSPS) is 10.7. The van der Waals surface area contributed by atoms with E-state index in [4.69, 9.17) is 18.9 Å². The molecule has 0 N–H and O–H groups in total. The van der Waals surface area contributed by atoms with Crippen LogP contribution in [-0.4, -0.2) is 34.2 Å². The Morgan fingerprint density at radius 3 is 1.90 bits per heavy atom. The summed E-state index contributed by atoms with van der Waals surface area (Å²) in [5.41, 5.74) is 1.94. The fourth-order valence-electron chi connectivity index (χ4n) is 3.57. The molecule has 0 saturated heterocycles. The Labute approximate surface area is 184 Å². The molecule has 0 amide bonds. The molecule has 1 aromatic heterocycles. The molecule has 0 radical (unpaired) electrons. The quantitative estimate of drug-likeness (QED) is 0.342. The summed E-state index contributed by atoms with van der Waals surface area (Å²) < 4.78 is 22.6. The molecular formula is C25H22O5S. The minimum absolute atomic E-state index is 0.156. The van der Waals surface area contributed by atoms with Gasteiger partial charge in [-0.05, 0) is 60.2 Å². The van der Waals surface area contributed by atoms with Gasteiger partial charge in [-0.25, -0.2) is 0 Å². The molecule has 4 aromatic rings. The molecule has 31 heavy (non-hydrogen) atoms. The number of methoxy groups -OCH3 is 4. The molecule has 1 heterocycles. The molecular weight excluding hydrogens is 412 g/mol. The van der Waals surface area contributed by atoms with Crippen LogP contribution in [0.1, 0.15) is 15.9 Å². The molecule has 0 bridgehead atoms. The van der Waals surface area contributed by atoms with Crippen LogP contribution >= 0.6 is 11.3 Å². The lowest BCUT2D eigenvalue weighted by Crippen LogP contribution is -2.07. The van der Waals surface area contributed by atoms with Gasteiger partial charge in [0.1, 0.15) is 28.6 Å². The third kappa shape index (κ3) is 3.70. The van der Waals surface area contributed by atoms with E-state index in [-0.39, 0.29) is 5.78 Å². The monoisotopic (exact) mass is 434 g/mol. The van der Waals surface area contributed by atoms with E-state index >= 15 is 0 Å². The van der Waals surface area contributed by atoms with Crippen LogP contribution in [-0.2, 0) is 0 Å². The summed E-state index contributed by atoms with van der Waals surface area (Å²) in [5, 5.41) is 0.856. The maximum atomic E-state index is 13.9. The van der Waals surface area contributed by atoms with Crippen LogP contribution in [0.4, 0.5) is 0 Å². The van der Waals surface area contributed by atoms with E-state index in [2.05, 4.69) is 0 Å². The first-order valence-electron chi connectivity index (χ1n) is 9.62. The van der Waals surface area contributed by atoms with Crippen molar-refractivity contribution in [3.63, 3.8) is 0 Å². The molecule has 5 nitrogen and oxygen atoms in total. The third-order valence-corrected chi connectivity index (χ3v) is 6.33. The first kappa shape index (κ1) is 20.8. The minimum atomic E-state index is -0.156. The van der Waals surface area contributed by atoms with Gasteiger partial charge in [-0.1, -0.05) is 6.07 Å². The fraction of sp³-hybridized carbons (Fsp3) is 0.160. The molecule has 0 aliphatic heterocycles. The average Bonchev–Trinajstić information content (AvgIpc) is 3.21. The van der Waals surface area contributed by atoms with Gasteiger partial charge in [0.25, 0.3) is 0 Å². The second-order valence-corrected chi connectivity index (χ2v) is 7.82. The summed E-state index contributed by atoms with van der Waals surface area (Å²) in [5.74, 6) is 2.28. The number of benzene rings is 3. The van der Waals surface area contributed by atoms with Crippen LogP contribution in [0.3, 0.4) is 0 Å². The first-order chi connectivity index (χ1) is 15.1. The second-order valence-electron chi connectivity index (χ2n) is 6.76. The van der Waals surface area contributed by atoms with Crippen molar-refractivity contribution < 1.29 is 23.7 Å². The van der Waals surface area contributed by atoms with Crippen molar-refractivity contribution in [2.75, 3.05) is 28.4 Å². The number of ether oxygens (including phenoxy) is 4. The lowest BCUT2D eigenvalue weighted by atomic mass is 9.96. The van der Waals surface area contributed by atoms with E-state index in [0.29, 0.717) is 22.6 Å². The maximum Gasteiger partial charge on any atom is 0.202 e. The highest BCUT2D eigenvalue weighted by Gasteiger charge is 2.27. The molecule has 0 aliphatic carbocycles. The number of thiophene rings is 1. The zero-order valence-corrected chi connectivity index (χ0v) is 18.5. The number of rotatable bonds is 7. The van der Waals surface area contributed by atoms with Crippen LogP contribution < -0.4 is 18.9 Å². The van der Waals surface area contributed by atoms with E-state index in [1.807, 2.05) is 42.5 Å². The topological polar surface area (TPSA) is 54.0 Å². The first-order valence-corrected chi connectivity index (χ1v) is 10.4. The van der Waals surface area contributed by atoms with Crippen LogP contribution in [0, 0.1) is 0 Å². The summed E-state index contributed by atoms with van der Waals surface area (Å²) in [6, 6.07) is 18.7. The third-order valence-electron chi connectivity index (χ3n) is 5.13. The highest BCUT2D eigenvalue weighted by Crippen LogP contribution is 2.43. The summed E-state index contributed by atoms with van der Waals surface area (Å²) >= 11 is 1.55. The van der Waals surface area contributed by atoms with E-state index < -0.39 is 0 Å².